The zero-order chi connectivity index (χ0) is 13.1. The van der Waals surface area contributed by atoms with E-state index in [2.05, 4.69) is 52.5 Å². The average Bonchev–Trinajstić information content (AvgIpc) is 2.48. The van der Waals surface area contributed by atoms with E-state index in [1.54, 1.807) is 0 Å². The normalized spacial score (nSPS) is 17.0. The molecule has 0 saturated carbocycles. The monoisotopic (exact) mass is 255 g/mol. The van der Waals surface area contributed by atoms with Crippen LogP contribution in [0.25, 0.3) is 10.9 Å². The summed E-state index contributed by atoms with van der Waals surface area (Å²) >= 11 is 0. The summed E-state index contributed by atoms with van der Waals surface area (Å²) in [4.78, 5) is 6.94. The van der Waals surface area contributed by atoms with Crippen molar-refractivity contribution in [2.24, 2.45) is 0 Å². The van der Waals surface area contributed by atoms with E-state index in [1.165, 1.54) is 23.9 Å². The first-order valence-corrected chi connectivity index (χ1v) is 7.20. The number of nitrogens with one attached hydrogen (secondary N) is 1. The van der Waals surface area contributed by atoms with Gasteiger partial charge in [0.15, 0.2) is 0 Å². The maximum Gasteiger partial charge on any atom is 0.0722 e. The summed E-state index contributed by atoms with van der Waals surface area (Å²) in [5.74, 6) is 0. The second kappa shape index (κ2) is 5.57. The van der Waals surface area contributed by atoms with E-state index in [0.717, 1.165) is 25.2 Å². The largest absolute Gasteiger partial charge is 0.371 e. The van der Waals surface area contributed by atoms with Crippen molar-refractivity contribution in [3.05, 3.63) is 36.5 Å². The fourth-order valence-electron chi connectivity index (χ4n) is 2.97. The fourth-order valence-corrected chi connectivity index (χ4v) is 2.97. The average molecular weight is 255 g/mol. The maximum atomic E-state index is 4.44. The van der Waals surface area contributed by atoms with Crippen LogP contribution in [0, 0.1) is 0 Å². The molecule has 1 aliphatic rings. The minimum absolute atomic E-state index is 0.689. The number of nitrogens with zero attached hydrogens (tertiary/aromatic N) is 2. The third-order valence-corrected chi connectivity index (χ3v) is 3.95. The van der Waals surface area contributed by atoms with Gasteiger partial charge in [-0.25, -0.2) is 0 Å². The molecule has 2 heterocycles. The molecule has 0 bridgehead atoms. The van der Waals surface area contributed by atoms with Crippen LogP contribution in [0.2, 0.25) is 0 Å². The minimum atomic E-state index is 0.689. The first-order chi connectivity index (χ1) is 9.38. The summed E-state index contributed by atoms with van der Waals surface area (Å²) in [7, 11) is 0. The van der Waals surface area contributed by atoms with E-state index in [1.807, 2.05) is 6.20 Å². The van der Waals surface area contributed by atoms with Crippen LogP contribution in [0.4, 0.5) is 5.69 Å². The lowest BCUT2D eigenvalue weighted by molar-refractivity contribution is 0.424. The standard InChI is InChI=1S/C16H21N3/c1-2-17-13-8-11-19(12-9-13)16-7-10-18-15-6-4-3-5-14(15)16/h3-7,10,13,17H,2,8-9,11-12H2,1H3. The molecule has 3 rings (SSSR count). The van der Waals surface area contributed by atoms with Crippen molar-refractivity contribution in [1.82, 2.24) is 10.3 Å². The summed E-state index contributed by atoms with van der Waals surface area (Å²) in [6.07, 6.45) is 4.38. The van der Waals surface area contributed by atoms with Gasteiger partial charge in [0, 0.05) is 36.4 Å². The van der Waals surface area contributed by atoms with Crippen molar-refractivity contribution >= 4 is 16.6 Å². The Labute approximate surface area is 114 Å². The third kappa shape index (κ3) is 2.56. The Morgan fingerprint density at radius 1 is 1.21 bits per heavy atom. The van der Waals surface area contributed by atoms with Crippen LogP contribution in [-0.2, 0) is 0 Å². The molecule has 1 saturated heterocycles. The number of hydrogen-bond acceptors (Lipinski definition) is 3. The molecular weight excluding hydrogens is 234 g/mol. The van der Waals surface area contributed by atoms with Gasteiger partial charge in [-0.2, -0.15) is 0 Å². The molecule has 3 nitrogen and oxygen atoms in total. The predicted octanol–water partition coefficient (Wildman–Crippen LogP) is 2.81. The summed E-state index contributed by atoms with van der Waals surface area (Å²) in [6.45, 7) is 5.52. The molecule has 0 amide bonds. The molecule has 0 radical (unpaired) electrons. The lowest BCUT2D eigenvalue weighted by atomic mass is 10.0. The van der Waals surface area contributed by atoms with Gasteiger partial charge >= 0.3 is 0 Å². The van der Waals surface area contributed by atoms with Gasteiger partial charge < -0.3 is 10.2 Å². The van der Waals surface area contributed by atoms with Gasteiger partial charge in [0.05, 0.1) is 5.52 Å². The molecule has 19 heavy (non-hydrogen) atoms. The number of fused-ring (bicyclic) bond motifs is 1. The lowest BCUT2D eigenvalue weighted by Gasteiger charge is -2.34. The van der Waals surface area contributed by atoms with Crippen LogP contribution in [0.3, 0.4) is 0 Å². The molecule has 0 aliphatic carbocycles. The predicted molar refractivity (Wildman–Crippen MR) is 80.7 cm³/mol. The molecule has 2 aromatic rings. The molecule has 1 aromatic heterocycles. The van der Waals surface area contributed by atoms with Crippen molar-refractivity contribution in [2.45, 2.75) is 25.8 Å². The van der Waals surface area contributed by atoms with Gasteiger partial charge in [-0.1, -0.05) is 25.1 Å². The number of para-hydroxylation sites is 1. The summed E-state index contributed by atoms with van der Waals surface area (Å²) < 4.78 is 0. The number of aromatic nitrogens is 1. The number of piperidine rings is 1. The van der Waals surface area contributed by atoms with Crippen molar-refractivity contribution in [2.75, 3.05) is 24.5 Å². The van der Waals surface area contributed by atoms with E-state index in [0.29, 0.717) is 6.04 Å². The maximum absolute atomic E-state index is 4.44. The highest BCUT2D eigenvalue weighted by Gasteiger charge is 2.19. The Bertz CT molecular complexity index is 539. The minimum Gasteiger partial charge on any atom is -0.371 e. The molecule has 3 heteroatoms. The second-order valence-electron chi connectivity index (χ2n) is 5.17. The lowest BCUT2D eigenvalue weighted by Crippen LogP contribution is -2.42. The van der Waals surface area contributed by atoms with Crippen LogP contribution in [0.15, 0.2) is 36.5 Å². The summed E-state index contributed by atoms with van der Waals surface area (Å²) in [5.41, 5.74) is 2.43. The number of pyridine rings is 1. The molecule has 0 unspecified atom stereocenters. The third-order valence-electron chi connectivity index (χ3n) is 3.95. The Balaban J connectivity index is 1.82. The van der Waals surface area contributed by atoms with Crippen molar-refractivity contribution < 1.29 is 0 Å². The van der Waals surface area contributed by atoms with E-state index in [9.17, 15) is 0 Å². The number of benzene rings is 1. The van der Waals surface area contributed by atoms with Gasteiger partial charge in [0.25, 0.3) is 0 Å². The van der Waals surface area contributed by atoms with Gasteiger partial charge in [-0.05, 0) is 31.5 Å². The molecule has 0 spiro atoms. The smallest absolute Gasteiger partial charge is 0.0722 e. The molecular formula is C16H21N3. The van der Waals surface area contributed by atoms with Gasteiger partial charge in [-0.15, -0.1) is 0 Å². The van der Waals surface area contributed by atoms with E-state index < -0.39 is 0 Å². The highest BCUT2D eigenvalue weighted by molar-refractivity contribution is 5.91. The first-order valence-electron chi connectivity index (χ1n) is 7.20. The van der Waals surface area contributed by atoms with Gasteiger partial charge in [0.1, 0.15) is 0 Å². The molecule has 1 aromatic carbocycles. The van der Waals surface area contributed by atoms with Crippen LogP contribution >= 0.6 is 0 Å². The highest BCUT2D eigenvalue weighted by Crippen LogP contribution is 2.27. The molecule has 0 atom stereocenters. The Morgan fingerprint density at radius 2 is 2.00 bits per heavy atom. The van der Waals surface area contributed by atoms with E-state index >= 15 is 0 Å². The number of anilines is 1. The van der Waals surface area contributed by atoms with Crippen LogP contribution < -0.4 is 10.2 Å². The number of hydrogen-bond donors (Lipinski definition) is 1. The highest BCUT2D eigenvalue weighted by atomic mass is 15.1. The Kier molecular flexibility index (Phi) is 3.65. The molecule has 1 fully saturated rings. The van der Waals surface area contributed by atoms with Crippen molar-refractivity contribution in [3.63, 3.8) is 0 Å². The van der Waals surface area contributed by atoms with Crippen LogP contribution in [0.1, 0.15) is 19.8 Å². The van der Waals surface area contributed by atoms with Crippen LogP contribution in [0.5, 0.6) is 0 Å². The Morgan fingerprint density at radius 3 is 2.79 bits per heavy atom. The number of rotatable bonds is 3. The molecule has 1 aliphatic heterocycles. The van der Waals surface area contributed by atoms with Gasteiger partial charge in [-0.3, -0.25) is 4.98 Å². The van der Waals surface area contributed by atoms with Crippen molar-refractivity contribution in [3.8, 4) is 0 Å². The van der Waals surface area contributed by atoms with Gasteiger partial charge in [0.2, 0.25) is 0 Å². The summed E-state index contributed by atoms with van der Waals surface area (Å²) in [6, 6.07) is 11.2. The van der Waals surface area contributed by atoms with E-state index in [-0.39, 0.29) is 0 Å². The molecule has 100 valence electrons. The van der Waals surface area contributed by atoms with E-state index in [4.69, 9.17) is 0 Å². The topological polar surface area (TPSA) is 28.2 Å². The zero-order valence-electron chi connectivity index (χ0n) is 11.5. The quantitative estimate of drug-likeness (QED) is 0.914. The van der Waals surface area contributed by atoms with Crippen molar-refractivity contribution in [1.29, 1.82) is 0 Å². The second-order valence-corrected chi connectivity index (χ2v) is 5.17. The van der Waals surface area contributed by atoms with Crippen LogP contribution in [-0.4, -0.2) is 30.7 Å². The first kappa shape index (κ1) is 12.4. The Hall–Kier alpha value is -1.61. The zero-order valence-corrected chi connectivity index (χ0v) is 11.5. The molecule has 1 N–H and O–H groups in total. The SMILES string of the molecule is CCNC1CCN(c2ccnc3ccccc23)CC1. The fraction of sp³-hybridized carbons (Fsp3) is 0.438. The summed E-state index contributed by atoms with van der Waals surface area (Å²) in [5, 5.41) is 4.82.